The van der Waals surface area contributed by atoms with Crippen LogP contribution in [0.2, 0.25) is 0 Å². The molecule has 4 aromatic carbocycles. The van der Waals surface area contributed by atoms with Gasteiger partial charge in [0.2, 0.25) is 11.5 Å². The zero-order valence-electron chi connectivity index (χ0n) is 46.6. The van der Waals surface area contributed by atoms with Crippen molar-refractivity contribution in [3.8, 4) is 57.5 Å². The number of allylic oxidation sites excluding steroid dienone is 2. The van der Waals surface area contributed by atoms with Gasteiger partial charge in [0.25, 0.3) is 0 Å². The largest absolute Gasteiger partial charge is 1.00 e. The molecule has 2 aliphatic rings. The van der Waals surface area contributed by atoms with Gasteiger partial charge < -0.3 is 99.8 Å². The van der Waals surface area contributed by atoms with Crippen molar-refractivity contribution in [2.24, 2.45) is 0 Å². The first-order valence-electron chi connectivity index (χ1n) is 25.5. The highest BCUT2D eigenvalue weighted by atomic mass is 79.9. The van der Waals surface area contributed by atoms with E-state index in [1.54, 1.807) is 71.1 Å². The Morgan fingerprint density at radius 3 is 1.08 bits per heavy atom. The fraction of sp³-hybridized carbons (Fsp3) is 0.517. The van der Waals surface area contributed by atoms with Gasteiger partial charge in [-0.2, -0.15) is 0 Å². The fourth-order valence-corrected chi connectivity index (χ4v) is 10.8. The molecule has 4 unspecified atom stereocenters. The molecule has 2 aliphatic heterocycles. The van der Waals surface area contributed by atoms with E-state index in [1.165, 1.54) is 22.3 Å². The number of esters is 2. The van der Waals surface area contributed by atoms with Crippen LogP contribution in [0.4, 0.5) is 0 Å². The third-order valence-corrected chi connectivity index (χ3v) is 15.0. The number of likely N-dealkylation sites (N-methyl/N-ethyl adjacent to an activating group) is 2. The second-order valence-corrected chi connectivity index (χ2v) is 19.4. The molecular weight excluding hydrogens is 1110 g/mol. The maximum Gasteiger partial charge on any atom is 0.306 e. The number of carbonyl (C=O) groups excluding carboxylic acids is 2. The SMILES string of the molecule is COc1cc2c(cc1OC)C(Cc1cc(OC)c(OC)c(OC)c1)[N+](C)(CCCOC(=O)CC/C=C/CCC(=O)OCCC[N+]1(C)CCc3cc(OC)c(OC)cc3C1Cc1cc(OC)c(OC)c(OC)c1)CC2.[Br-].[Br-]. The maximum atomic E-state index is 12.9. The van der Waals surface area contributed by atoms with Crippen LogP contribution in [0.1, 0.15) is 84.0 Å². The van der Waals surface area contributed by atoms with Gasteiger partial charge >= 0.3 is 11.9 Å². The van der Waals surface area contributed by atoms with Gasteiger partial charge in [-0.1, -0.05) is 12.2 Å². The third-order valence-electron chi connectivity index (χ3n) is 15.0. The Hall–Kier alpha value is -5.56. The van der Waals surface area contributed by atoms with Gasteiger partial charge in [-0.15, -0.1) is 0 Å². The lowest BCUT2D eigenvalue weighted by Crippen LogP contribution is -3.00. The predicted molar refractivity (Wildman–Crippen MR) is 282 cm³/mol. The molecule has 76 heavy (non-hydrogen) atoms. The van der Waals surface area contributed by atoms with E-state index >= 15 is 0 Å². The summed E-state index contributed by atoms with van der Waals surface area (Å²) in [5, 5.41) is 0. The second kappa shape index (κ2) is 29.8. The van der Waals surface area contributed by atoms with Gasteiger partial charge in [-0.3, -0.25) is 9.59 Å². The van der Waals surface area contributed by atoms with E-state index in [4.69, 9.17) is 56.8 Å². The molecule has 16 nitrogen and oxygen atoms in total. The van der Waals surface area contributed by atoms with Gasteiger partial charge in [0.1, 0.15) is 12.1 Å². The molecule has 0 bridgehead atoms. The summed E-state index contributed by atoms with van der Waals surface area (Å²) in [6, 6.07) is 16.5. The fourth-order valence-electron chi connectivity index (χ4n) is 10.8. The topological polar surface area (TPSA) is 145 Å². The molecule has 0 radical (unpaired) electrons. The van der Waals surface area contributed by atoms with Gasteiger partial charge in [0, 0.05) is 62.5 Å². The average molecular weight is 1190 g/mol. The lowest BCUT2D eigenvalue weighted by atomic mass is 9.86. The first-order chi connectivity index (χ1) is 35.7. The summed E-state index contributed by atoms with van der Waals surface area (Å²) in [6.07, 6.45) is 9.94. The van der Waals surface area contributed by atoms with E-state index in [2.05, 4.69) is 38.4 Å². The summed E-state index contributed by atoms with van der Waals surface area (Å²) >= 11 is 0. The first kappa shape index (κ1) is 63.0. The number of benzene rings is 4. The van der Waals surface area contributed by atoms with E-state index in [-0.39, 0.29) is 70.8 Å². The van der Waals surface area contributed by atoms with E-state index in [0.717, 1.165) is 59.1 Å². The first-order valence-corrected chi connectivity index (χ1v) is 25.5. The Balaban J connectivity index is 0.00000624. The van der Waals surface area contributed by atoms with Crippen molar-refractivity contribution < 1.29 is 109 Å². The van der Waals surface area contributed by atoms with Crippen molar-refractivity contribution in [2.45, 2.75) is 76.3 Å². The Bertz CT molecular complexity index is 2350. The number of methoxy groups -OCH3 is 10. The standard InChI is InChI=1S/C58H80N2O14.2BrH/c1-59(25-21-41-35-47(63-3)49(65-5)37-43(41)45(59)29-39-31-51(67-7)57(71-11)52(32-39)68-8)23-17-27-73-55(61)19-15-13-14-16-20-56(62)74-28-18-24-60(2)26-22-42-36-48(64-4)50(66-6)38-44(42)46(60)30-40-33-53(69-9)58(72-12)54(34-40)70-10;;/h13-14,31-38,45-46H,15-30H2,1-12H3;2*1H/q+2;;/p-2/b14-13+;;. The van der Waals surface area contributed by atoms with Crippen LogP contribution in [0, 0.1) is 0 Å². The van der Waals surface area contributed by atoms with Crippen LogP contribution >= 0.6 is 0 Å². The number of carbonyl (C=O) groups is 2. The molecule has 0 saturated heterocycles. The zero-order valence-corrected chi connectivity index (χ0v) is 49.8. The van der Waals surface area contributed by atoms with Crippen LogP contribution in [0.15, 0.2) is 60.7 Å². The molecule has 2 heterocycles. The molecule has 420 valence electrons. The highest BCUT2D eigenvalue weighted by Gasteiger charge is 2.42. The van der Waals surface area contributed by atoms with Crippen molar-refractivity contribution in [3.05, 3.63) is 94.1 Å². The number of hydrogen-bond acceptors (Lipinski definition) is 14. The minimum absolute atomic E-state index is 0. The lowest BCUT2D eigenvalue weighted by molar-refractivity contribution is -0.941. The van der Waals surface area contributed by atoms with Crippen molar-refractivity contribution in [1.29, 1.82) is 0 Å². The van der Waals surface area contributed by atoms with Crippen molar-refractivity contribution in [3.63, 3.8) is 0 Å². The number of halogens is 2. The Kier molecular flexibility index (Phi) is 24.7. The second-order valence-electron chi connectivity index (χ2n) is 19.4. The predicted octanol–water partition coefficient (Wildman–Crippen LogP) is 3.04. The lowest BCUT2D eigenvalue weighted by Gasteiger charge is -2.46. The molecule has 0 amide bonds. The van der Waals surface area contributed by atoms with Crippen LogP contribution in [0.25, 0.3) is 0 Å². The molecule has 4 atom stereocenters. The van der Waals surface area contributed by atoms with Crippen LogP contribution in [0.5, 0.6) is 57.5 Å². The van der Waals surface area contributed by atoms with Gasteiger partial charge in [-0.05, 0) is 83.6 Å². The summed E-state index contributed by atoms with van der Waals surface area (Å²) in [6.45, 7) is 4.02. The van der Waals surface area contributed by atoms with Crippen molar-refractivity contribution >= 4 is 11.9 Å². The average Bonchev–Trinajstić information content (AvgIpc) is 3.42. The molecule has 0 aromatic heterocycles. The highest BCUT2D eigenvalue weighted by molar-refractivity contribution is 5.70. The van der Waals surface area contributed by atoms with E-state index in [0.29, 0.717) is 109 Å². The van der Waals surface area contributed by atoms with Gasteiger partial charge in [0.05, 0.1) is 125 Å². The summed E-state index contributed by atoms with van der Waals surface area (Å²) in [7, 11) is 20.9. The molecule has 0 fully saturated rings. The van der Waals surface area contributed by atoms with E-state index < -0.39 is 0 Å². The van der Waals surface area contributed by atoms with Crippen LogP contribution in [-0.2, 0) is 44.7 Å². The molecule has 0 spiro atoms. The summed E-state index contributed by atoms with van der Waals surface area (Å²) in [5.74, 6) is 5.81. The molecule has 0 aliphatic carbocycles. The Morgan fingerprint density at radius 1 is 0.461 bits per heavy atom. The van der Waals surface area contributed by atoms with Gasteiger partial charge in [0.15, 0.2) is 46.0 Å². The minimum Gasteiger partial charge on any atom is -1.00 e. The van der Waals surface area contributed by atoms with Crippen LogP contribution < -0.4 is 81.3 Å². The number of fused-ring (bicyclic) bond motifs is 2. The minimum atomic E-state index is -0.246. The third kappa shape index (κ3) is 15.1. The number of nitrogens with zero attached hydrogens (tertiary/aromatic N) is 2. The van der Waals surface area contributed by atoms with E-state index in [9.17, 15) is 9.59 Å². The molecule has 4 aromatic rings. The van der Waals surface area contributed by atoms with E-state index in [1.807, 2.05) is 36.4 Å². The maximum absolute atomic E-state index is 12.9. The highest BCUT2D eigenvalue weighted by Crippen LogP contribution is 2.47. The Morgan fingerprint density at radius 2 is 0.776 bits per heavy atom. The summed E-state index contributed by atoms with van der Waals surface area (Å²) in [4.78, 5) is 25.7. The number of rotatable bonds is 28. The summed E-state index contributed by atoms with van der Waals surface area (Å²) < 4.78 is 69.8. The molecule has 0 saturated carbocycles. The van der Waals surface area contributed by atoms with Crippen molar-refractivity contribution in [2.75, 3.05) is 125 Å². The normalized spacial score (nSPS) is 18.4. The Labute approximate surface area is 471 Å². The monoisotopic (exact) mass is 1190 g/mol. The number of hydrogen-bond donors (Lipinski definition) is 0. The van der Waals surface area contributed by atoms with Crippen LogP contribution in [0.3, 0.4) is 0 Å². The quantitative estimate of drug-likeness (QED) is 0.0356. The molecule has 18 heteroatoms. The molecular formula is C58H80Br2N2O14. The van der Waals surface area contributed by atoms with Gasteiger partial charge in [-0.25, -0.2) is 0 Å². The molecule has 0 N–H and O–H groups in total. The smallest absolute Gasteiger partial charge is 0.306 e. The number of quaternary nitrogens is 2. The zero-order chi connectivity index (χ0) is 53.4. The van der Waals surface area contributed by atoms with Crippen LogP contribution in [-0.4, -0.2) is 145 Å². The molecule has 6 rings (SSSR count). The number of ether oxygens (including phenoxy) is 12. The summed E-state index contributed by atoms with van der Waals surface area (Å²) in [5.41, 5.74) is 6.93. The van der Waals surface area contributed by atoms with Crippen molar-refractivity contribution in [1.82, 2.24) is 0 Å².